The number of hydrogen-bond donors (Lipinski definition) is 0. The highest BCUT2D eigenvalue weighted by Gasteiger charge is 2.38. The van der Waals surface area contributed by atoms with Gasteiger partial charge in [0.05, 0.1) is 22.7 Å². The van der Waals surface area contributed by atoms with Crippen LogP contribution in [0.1, 0.15) is 25.0 Å². The lowest BCUT2D eigenvalue weighted by molar-refractivity contribution is 0.632. The molecule has 8 aromatic carbocycles. The minimum absolute atomic E-state index is 0.214. The Labute approximate surface area is 308 Å². The molecule has 0 fully saturated rings. The molecular weight excluding hydrogens is 649 g/mol. The predicted octanol–water partition coefficient (Wildman–Crippen LogP) is 14.5. The number of para-hydroxylation sites is 3. The molecule has 0 spiro atoms. The van der Waals surface area contributed by atoms with E-state index in [1.807, 2.05) is 11.3 Å². The molecule has 9 aromatic rings. The quantitative estimate of drug-likeness (QED) is 0.178. The molecule has 0 unspecified atom stereocenters. The third kappa shape index (κ3) is 4.70. The van der Waals surface area contributed by atoms with Crippen LogP contribution >= 0.6 is 11.3 Å². The minimum Gasteiger partial charge on any atom is -0.308 e. The number of benzene rings is 8. The number of nitrogens with zero attached hydrogens (tertiary/aromatic N) is 2. The van der Waals surface area contributed by atoms with E-state index in [1.54, 1.807) is 0 Å². The first-order chi connectivity index (χ1) is 25.6. The van der Waals surface area contributed by atoms with Crippen LogP contribution in [0.5, 0.6) is 0 Å². The number of rotatable bonds is 5. The van der Waals surface area contributed by atoms with Crippen molar-refractivity contribution >= 4 is 76.4 Å². The fourth-order valence-electron chi connectivity index (χ4n) is 8.34. The zero-order chi connectivity index (χ0) is 34.8. The van der Waals surface area contributed by atoms with Crippen LogP contribution in [0, 0.1) is 0 Å². The molecule has 52 heavy (non-hydrogen) atoms. The molecule has 1 aromatic heterocycles. The summed E-state index contributed by atoms with van der Waals surface area (Å²) in [5.41, 5.74) is 11.8. The maximum atomic E-state index is 2.56. The molecule has 0 saturated carbocycles. The topological polar surface area (TPSA) is 6.48 Å². The number of fused-ring (bicyclic) bond motifs is 6. The summed E-state index contributed by atoms with van der Waals surface area (Å²) in [5, 5.41) is 5.05. The summed E-state index contributed by atoms with van der Waals surface area (Å²) in [6.45, 7) is 4.75. The molecule has 2 nitrogen and oxygen atoms in total. The van der Waals surface area contributed by atoms with Gasteiger partial charge in [-0.2, -0.15) is 0 Å². The molecule has 0 radical (unpaired) electrons. The summed E-state index contributed by atoms with van der Waals surface area (Å²) in [6, 6.07) is 66.6. The Morgan fingerprint density at radius 3 is 1.92 bits per heavy atom. The van der Waals surface area contributed by atoms with Gasteiger partial charge in [-0.3, -0.25) is 0 Å². The average Bonchev–Trinajstić information content (AvgIpc) is 3.58. The number of hydrogen-bond acceptors (Lipinski definition) is 3. The summed E-state index contributed by atoms with van der Waals surface area (Å²) < 4.78 is 2.65. The lowest BCUT2D eigenvalue weighted by Gasteiger charge is -2.44. The molecule has 0 atom stereocenters. The first kappa shape index (κ1) is 30.6. The molecule has 0 N–H and O–H groups in total. The fraction of sp³-hybridized carbons (Fsp3) is 0.0612. The maximum absolute atomic E-state index is 2.56. The molecule has 1 aliphatic heterocycles. The van der Waals surface area contributed by atoms with E-state index in [4.69, 9.17) is 0 Å². The third-order valence-electron chi connectivity index (χ3n) is 10.8. The van der Waals surface area contributed by atoms with Gasteiger partial charge in [0.25, 0.3) is 0 Å². The van der Waals surface area contributed by atoms with Crippen molar-refractivity contribution in [3.8, 4) is 11.1 Å². The van der Waals surface area contributed by atoms with Gasteiger partial charge in [-0.15, -0.1) is 11.3 Å². The minimum atomic E-state index is -0.214. The second-order valence-corrected chi connectivity index (χ2v) is 15.2. The van der Waals surface area contributed by atoms with E-state index in [0.717, 1.165) is 22.7 Å². The van der Waals surface area contributed by atoms with Crippen LogP contribution in [0.2, 0.25) is 0 Å². The Balaban J connectivity index is 1.29. The first-order valence-corrected chi connectivity index (χ1v) is 18.8. The van der Waals surface area contributed by atoms with Crippen molar-refractivity contribution in [2.24, 2.45) is 0 Å². The molecule has 1 aliphatic rings. The normalized spacial score (nSPS) is 13.3. The Morgan fingerprint density at radius 1 is 0.500 bits per heavy atom. The summed E-state index contributed by atoms with van der Waals surface area (Å²) in [6.07, 6.45) is 0. The third-order valence-corrected chi connectivity index (χ3v) is 12.0. The standard InChI is InChI=1S/C49H36N2S/c1-49(2)41-25-12-13-26-43(41)51(45-32-34(28-30-42(45)49)38-23-15-24-40-39-22-11-14-27-46(39)52-48(38)40)47-37-21-10-9-16-33(37)29-31-44(47)50(35-17-5-3-6-18-35)36-19-7-4-8-20-36/h3-32H,1-2H3. The Morgan fingerprint density at radius 2 is 1.13 bits per heavy atom. The van der Waals surface area contributed by atoms with Gasteiger partial charge in [0.15, 0.2) is 0 Å². The van der Waals surface area contributed by atoms with Gasteiger partial charge in [0.2, 0.25) is 0 Å². The lowest BCUT2D eigenvalue weighted by atomic mass is 9.73. The molecular formula is C49H36N2S. The molecule has 10 rings (SSSR count). The van der Waals surface area contributed by atoms with Gasteiger partial charge in [0, 0.05) is 42.3 Å². The highest BCUT2D eigenvalue weighted by atomic mass is 32.1. The van der Waals surface area contributed by atoms with Gasteiger partial charge >= 0.3 is 0 Å². The zero-order valence-electron chi connectivity index (χ0n) is 29.1. The van der Waals surface area contributed by atoms with Crippen molar-refractivity contribution in [2.45, 2.75) is 19.3 Å². The van der Waals surface area contributed by atoms with Crippen molar-refractivity contribution in [1.29, 1.82) is 0 Å². The van der Waals surface area contributed by atoms with Crippen LogP contribution in [0.3, 0.4) is 0 Å². The highest BCUT2D eigenvalue weighted by molar-refractivity contribution is 7.26. The van der Waals surface area contributed by atoms with Crippen molar-refractivity contribution in [3.05, 3.63) is 193 Å². The average molecular weight is 685 g/mol. The summed E-state index contributed by atoms with van der Waals surface area (Å²) in [5.74, 6) is 0. The van der Waals surface area contributed by atoms with Crippen molar-refractivity contribution < 1.29 is 0 Å². The Bertz CT molecular complexity index is 2740. The first-order valence-electron chi connectivity index (χ1n) is 17.9. The highest BCUT2D eigenvalue weighted by Crippen LogP contribution is 2.57. The van der Waals surface area contributed by atoms with Crippen molar-refractivity contribution in [1.82, 2.24) is 0 Å². The predicted molar refractivity (Wildman–Crippen MR) is 224 cm³/mol. The Hall–Kier alpha value is -6.16. The lowest BCUT2D eigenvalue weighted by Crippen LogP contribution is -2.31. The van der Waals surface area contributed by atoms with Crippen LogP contribution in [-0.4, -0.2) is 0 Å². The molecule has 2 heterocycles. The summed E-state index contributed by atoms with van der Waals surface area (Å²) in [4.78, 5) is 4.96. The summed E-state index contributed by atoms with van der Waals surface area (Å²) >= 11 is 1.89. The Kier molecular flexibility index (Phi) is 7.06. The van der Waals surface area contributed by atoms with E-state index < -0.39 is 0 Å². The van der Waals surface area contributed by atoms with Crippen molar-refractivity contribution in [3.63, 3.8) is 0 Å². The summed E-state index contributed by atoms with van der Waals surface area (Å²) in [7, 11) is 0. The fourth-order valence-corrected chi connectivity index (χ4v) is 9.58. The molecule has 248 valence electrons. The van der Waals surface area contributed by atoms with Gasteiger partial charge in [0.1, 0.15) is 0 Å². The molecule has 3 heteroatoms. The van der Waals surface area contributed by atoms with E-state index in [-0.39, 0.29) is 5.41 Å². The van der Waals surface area contributed by atoms with Crippen molar-refractivity contribution in [2.75, 3.05) is 9.80 Å². The van der Waals surface area contributed by atoms with Gasteiger partial charge in [-0.1, -0.05) is 147 Å². The van der Waals surface area contributed by atoms with Crippen LogP contribution in [0.25, 0.3) is 42.1 Å². The van der Waals surface area contributed by atoms with E-state index in [9.17, 15) is 0 Å². The molecule has 0 saturated heterocycles. The number of anilines is 6. The van der Waals surface area contributed by atoms with E-state index >= 15 is 0 Å². The van der Waals surface area contributed by atoms with Crippen LogP contribution in [0.15, 0.2) is 182 Å². The maximum Gasteiger partial charge on any atom is 0.0781 e. The monoisotopic (exact) mass is 684 g/mol. The molecule has 0 bridgehead atoms. The van der Waals surface area contributed by atoms with Crippen LogP contribution in [-0.2, 0) is 5.41 Å². The van der Waals surface area contributed by atoms with Gasteiger partial charge in [-0.05, 0) is 76.2 Å². The number of thiophene rings is 1. The van der Waals surface area contributed by atoms with E-state index in [1.165, 1.54) is 64.6 Å². The van der Waals surface area contributed by atoms with E-state index in [2.05, 4.69) is 206 Å². The van der Waals surface area contributed by atoms with E-state index in [0.29, 0.717) is 0 Å². The SMILES string of the molecule is CC1(C)c2ccccc2N(c2c(N(c3ccccc3)c3ccccc3)ccc3ccccc23)c2cc(-c3cccc4c3sc3ccccc34)ccc21. The zero-order valence-corrected chi connectivity index (χ0v) is 29.9. The smallest absolute Gasteiger partial charge is 0.0781 e. The van der Waals surface area contributed by atoms with Crippen LogP contribution < -0.4 is 9.80 Å². The second-order valence-electron chi connectivity index (χ2n) is 14.2. The second kappa shape index (κ2) is 12.0. The van der Waals surface area contributed by atoms with Gasteiger partial charge in [-0.25, -0.2) is 0 Å². The van der Waals surface area contributed by atoms with Gasteiger partial charge < -0.3 is 9.80 Å². The van der Waals surface area contributed by atoms with Crippen LogP contribution in [0.4, 0.5) is 34.1 Å². The molecule has 0 aliphatic carbocycles. The molecule has 0 amide bonds. The largest absolute Gasteiger partial charge is 0.308 e.